The van der Waals surface area contributed by atoms with E-state index in [1.807, 2.05) is 6.92 Å². The Labute approximate surface area is 106 Å². The normalized spacial score (nSPS) is 25.8. The fourth-order valence-electron chi connectivity index (χ4n) is 1.88. The lowest BCUT2D eigenvalue weighted by Crippen LogP contribution is -2.39. The molecule has 1 rings (SSSR count). The highest BCUT2D eigenvalue weighted by Crippen LogP contribution is 2.23. The maximum Gasteiger partial charge on any atom is 0.225 e. The first-order valence-electron chi connectivity index (χ1n) is 5.91. The Bertz CT molecular complexity index is 243. The highest BCUT2D eigenvalue weighted by Gasteiger charge is 2.31. The van der Waals surface area contributed by atoms with Crippen LogP contribution >= 0.6 is 15.9 Å². The summed E-state index contributed by atoms with van der Waals surface area (Å²) in [4.78, 5) is 11.9. The first kappa shape index (κ1) is 14.0. The Morgan fingerprint density at radius 3 is 2.75 bits per heavy atom. The standard InChI is InChI=1S/C12H22BrNO2/c1-9-10(4-7-16-9)11(15)14-8-12(2,3)5-6-13/h9-10H,4-8H2,1-3H3,(H,14,15). The van der Waals surface area contributed by atoms with Gasteiger partial charge in [0.2, 0.25) is 5.91 Å². The number of carbonyl (C=O) groups is 1. The molecule has 1 fully saturated rings. The Balaban J connectivity index is 2.34. The Hall–Kier alpha value is -0.0900. The zero-order valence-electron chi connectivity index (χ0n) is 10.4. The fraction of sp³-hybridized carbons (Fsp3) is 0.917. The number of halogens is 1. The van der Waals surface area contributed by atoms with Crippen LogP contribution in [-0.4, -0.2) is 30.5 Å². The molecule has 16 heavy (non-hydrogen) atoms. The number of hydrogen-bond acceptors (Lipinski definition) is 2. The van der Waals surface area contributed by atoms with E-state index >= 15 is 0 Å². The van der Waals surface area contributed by atoms with Crippen LogP contribution in [-0.2, 0) is 9.53 Å². The van der Waals surface area contributed by atoms with Gasteiger partial charge in [0.05, 0.1) is 12.0 Å². The molecule has 1 heterocycles. The number of alkyl halides is 1. The molecule has 4 heteroatoms. The molecule has 1 aliphatic heterocycles. The summed E-state index contributed by atoms with van der Waals surface area (Å²) >= 11 is 3.44. The van der Waals surface area contributed by atoms with E-state index in [0.717, 1.165) is 24.7 Å². The molecule has 0 aliphatic carbocycles. The Morgan fingerprint density at radius 1 is 1.56 bits per heavy atom. The van der Waals surface area contributed by atoms with Gasteiger partial charge in [0.25, 0.3) is 0 Å². The number of ether oxygens (including phenoxy) is 1. The average Bonchev–Trinajstić information content (AvgIpc) is 2.61. The van der Waals surface area contributed by atoms with Crippen LogP contribution in [0.1, 0.15) is 33.6 Å². The second kappa shape index (κ2) is 6.01. The minimum atomic E-state index is 0.0415. The van der Waals surface area contributed by atoms with Crippen molar-refractivity contribution in [3.05, 3.63) is 0 Å². The van der Waals surface area contributed by atoms with Gasteiger partial charge in [0, 0.05) is 18.5 Å². The van der Waals surface area contributed by atoms with Crippen LogP contribution in [0.4, 0.5) is 0 Å². The molecule has 2 atom stereocenters. The van der Waals surface area contributed by atoms with Crippen molar-refractivity contribution in [2.24, 2.45) is 11.3 Å². The minimum Gasteiger partial charge on any atom is -0.378 e. The van der Waals surface area contributed by atoms with Crippen molar-refractivity contribution in [1.82, 2.24) is 5.32 Å². The largest absolute Gasteiger partial charge is 0.378 e. The average molecular weight is 292 g/mol. The third kappa shape index (κ3) is 4.06. The smallest absolute Gasteiger partial charge is 0.225 e. The van der Waals surface area contributed by atoms with Gasteiger partial charge in [-0.05, 0) is 25.2 Å². The molecule has 3 nitrogen and oxygen atoms in total. The number of carbonyl (C=O) groups excluding carboxylic acids is 1. The molecular weight excluding hydrogens is 270 g/mol. The topological polar surface area (TPSA) is 38.3 Å². The lowest BCUT2D eigenvalue weighted by molar-refractivity contribution is -0.126. The molecule has 1 N–H and O–H groups in total. The number of rotatable bonds is 5. The fourth-order valence-corrected chi connectivity index (χ4v) is 2.95. The first-order chi connectivity index (χ1) is 7.46. The van der Waals surface area contributed by atoms with Crippen LogP contribution < -0.4 is 5.32 Å². The molecule has 1 amide bonds. The molecule has 0 aromatic carbocycles. The Morgan fingerprint density at radius 2 is 2.25 bits per heavy atom. The van der Waals surface area contributed by atoms with Gasteiger partial charge in [0.1, 0.15) is 0 Å². The van der Waals surface area contributed by atoms with Crippen molar-refractivity contribution >= 4 is 21.8 Å². The van der Waals surface area contributed by atoms with E-state index in [2.05, 4.69) is 35.1 Å². The molecule has 0 aromatic heterocycles. The monoisotopic (exact) mass is 291 g/mol. The lowest BCUT2D eigenvalue weighted by Gasteiger charge is -2.25. The van der Waals surface area contributed by atoms with E-state index in [1.54, 1.807) is 0 Å². The van der Waals surface area contributed by atoms with Crippen molar-refractivity contribution in [1.29, 1.82) is 0 Å². The van der Waals surface area contributed by atoms with Crippen LogP contribution in [0.3, 0.4) is 0 Å². The predicted molar refractivity (Wildman–Crippen MR) is 68.7 cm³/mol. The maximum atomic E-state index is 11.9. The van der Waals surface area contributed by atoms with E-state index in [9.17, 15) is 4.79 Å². The quantitative estimate of drug-likeness (QED) is 0.790. The SMILES string of the molecule is CC1OCCC1C(=O)NCC(C)(C)CCBr. The summed E-state index contributed by atoms with van der Waals surface area (Å²) in [5.41, 5.74) is 0.155. The molecule has 0 spiro atoms. The van der Waals surface area contributed by atoms with E-state index in [1.165, 1.54) is 0 Å². The van der Waals surface area contributed by atoms with Crippen LogP contribution in [0.5, 0.6) is 0 Å². The molecule has 0 bridgehead atoms. The van der Waals surface area contributed by atoms with Crippen LogP contribution in [0.15, 0.2) is 0 Å². The van der Waals surface area contributed by atoms with Crippen LogP contribution in [0, 0.1) is 11.3 Å². The van der Waals surface area contributed by atoms with Crippen molar-refractivity contribution in [3.8, 4) is 0 Å². The van der Waals surface area contributed by atoms with E-state index in [0.29, 0.717) is 6.61 Å². The van der Waals surface area contributed by atoms with Gasteiger partial charge in [0.15, 0.2) is 0 Å². The molecule has 0 aromatic rings. The number of nitrogens with one attached hydrogen (secondary N) is 1. The van der Waals surface area contributed by atoms with E-state index < -0.39 is 0 Å². The van der Waals surface area contributed by atoms with Gasteiger partial charge in [-0.3, -0.25) is 4.79 Å². The van der Waals surface area contributed by atoms with Gasteiger partial charge in [-0.25, -0.2) is 0 Å². The Kier molecular flexibility index (Phi) is 5.25. The second-order valence-electron chi connectivity index (χ2n) is 5.29. The van der Waals surface area contributed by atoms with Crippen molar-refractivity contribution < 1.29 is 9.53 Å². The highest BCUT2D eigenvalue weighted by molar-refractivity contribution is 9.09. The molecule has 0 saturated carbocycles. The van der Waals surface area contributed by atoms with Gasteiger partial charge in [-0.15, -0.1) is 0 Å². The number of amides is 1. The van der Waals surface area contributed by atoms with E-state index in [4.69, 9.17) is 4.74 Å². The zero-order valence-corrected chi connectivity index (χ0v) is 12.0. The van der Waals surface area contributed by atoms with Gasteiger partial charge in [-0.1, -0.05) is 29.8 Å². The molecule has 2 unspecified atom stereocenters. The third-order valence-electron chi connectivity index (χ3n) is 3.23. The van der Waals surface area contributed by atoms with Crippen molar-refractivity contribution in [3.63, 3.8) is 0 Å². The summed E-state index contributed by atoms with van der Waals surface area (Å²) in [5.74, 6) is 0.187. The molecule has 94 valence electrons. The minimum absolute atomic E-state index is 0.0415. The summed E-state index contributed by atoms with van der Waals surface area (Å²) in [6, 6.07) is 0. The summed E-state index contributed by atoms with van der Waals surface area (Å²) in [6.07, 6.45) is 1.98. The highest BCUT2D eigenvalue weighted by atomic mass is 79.9. The number of hydrogen-bond donors (Lipinski definition) is 1. The zero-order chi connectivity index (χ0) is 12.2. The maximum absolute atomic E-state index is 11.9. The summed E-state index contributed by atoms with van der Waals surface area (Å²) in [7, 11) is 0. The van der Waals surface area contributed by atoms with Gasteiger partial charge in [-0.2, -0.15) is 0 Å². The van der Waals surface area contributed by atoms with E-state index in [-0.39, 0.29) is 23.3 Å². The first-order valence-corrected chi connectivity index (χ1v) is 7.04. The summed E-state index contributed by atoms with van der Waals surface area (Å²) < 4.78 is 5.40. The summed E-state index contributed by atoms with van der Waals surface area (Å²) in [6.45, 7) is 7.76. The molecular formula is C12H22BrNO2. The molecule has 1 saturated heterocycles. The lowest BCUT2D eigenvalue weighted by atomic mass is 9.90. The van der Waals surface area contributed by atoms with Crippen molar-refractivity contribution in [2.45, 2.75) is 39.7 Å². The van der Waals surface area contributed by atoms with Gasteiger partial charge < -0.3 is 10.1 Å². The van der Waals surface area contributed by atoms with Crippen LogP contribution in [0.25, 0.3) is 0 Å². The van der Waals surface area contributed by atoms with Crippen LogP contribution in [0.2, 0.25) is 0 Å². The summed E-state index contributed by atoms with van der Waals surface area (Å²) in [5, 5.41) is 4.01. The van der Waals surface area contributed by atoms with Crippen molar-refractivity contribution in [2.75, 3.05) is 18.5 Å². The third-order valence-corrected chi connectivity index (χ3v) is 3.62. The molecule has 1 aliphatic rings. The second-order valence-corrected chi connectivity index (χ2v) is 6.09. The predicted octanol–water partition coefficient (Wildman–Crippen LogP) is 2.34. The van der Waals surface area contributed by atoms with Gasteiger partial charge >= 0.3 is 0 Å². The molecule has 0 radical (unpaired) electrons.